The fourth-order valence-corrected chi connectivity index (χ4v) is 2.47. The van der Waals surface area contributed by atoms with E-state index >= 15 is 0 Å². The first-order valence-electron chi connectivity index (χ1n) is 7.51. The minimum atomic E-state index is -0.870. The average Bonchev–Trinajstić information content (AvgIpc) is 2.58. The molecule has 0 aliphatic heterocycles. The van der Waals surface area contributed by atoms with Crippen molar-refractivity contribution in [3.8, 4) is 0 Å². The Labute approximate surface area is 145 Å². The molecule has 0 saturated heterocycles. The van der Waals surface area contributed by atoms with E-state index in [4.69, 9.17) is 4.74 Å². The molecule has 0 spiro atoms. The summed E-state index contributed by atoms with van der Waals surface area (Å²) in [7, 11) is 0. The van der Waals surface area contributed by atoms with Gasteiger partial charge in [0.1, 0.15) is 0 Å². The fourth-order valence-electron chi connectivity index (χ4n) is 1.82. The largest absolute Gasteiger partial charge is 0.449 e. The van der Waals surface area contributed by atoms with Crippen LogP contribution in [0.2, 0.25) is 0 Å². The Kier molecular flexibility index (Phi) is 6.63. The Morgan fingerprint density at radius 2 is 1.75 bits per heavy atom. The highest BCUT2D eigenvalue weighted by atomic mass is 32.2. The molecular formula is C19H19NO3S. The fraction of sp³-hybridized carbons (Fsp3) is 0.158. The van der Waals surface area contributed by atoms with Crippen LogP contribution in [0.3, 0.4) is 0 Å². The molecule has 1 atom stereocenters. The van der Waals surface area contributed by atoms with Crippen molar-refractivity contribution in [1.29, 1.82) is 0 Å². The maximum atomic E-state index is 12.0. The van der Waals surface area contributed by atoms with Crippen LogP contribution in [-0.4, -0.2) is 18.0 Å². The number of anilines is 1. The smallest absolute Gasteiger partial charge is 0.332 e. The van der Waals surface area contributed by atoms with Crippen LogP contribution in [0, 0.1) is 6.92 Å². The first-order valence-corrected chi connectivity index (χ1v) is 8.39. The minimum Gasteiger partial charge on any atom is -0.449 e. The van der Waals surface area contributed by atoms with Crippen molar-refractivity contribution in [3.05, 3.63) is 71.6 Å². The number of hydrogen-bond acceptors (Lipinski definition) is 4. The van der Waals surface area contributed by atoms with Gasteiger partial charge < -0.3 is 10.1 Å². The van der Waals surface area contributed by atoms with Crippen molar-refractivity contribution in [2.75, 3.05) is 5.32 Å². The van der Waals surface area contributed by atoms with Crippen molar-refractivity contribution in [1.82, 2.24) is 0 Å². The van der Waals surface area contributed by atoms with Gasteiger partial charge in [0.25, 0.3) is 5.91 Å². The zero-order chi connectivity index (χ0) is 17.4. The lowest BCUT2D eigenvalue weighted by Crippen LogP contribution is -2.29. The number of benzene rings is 2. The first kappa shape index (κ1) is 17.8. The highest BCUT2D eigenvalue weighted by molar-refractivity contribution is 8.02. The quantitative estimate of drug-likeness (QED) is 0.487. The molecule has 2 rings (SSSR count). The second kappa shape index (κ2) is 8.93. The van der Waals surface area contributed by atoms with E-state index in [1.54, 1.807) is 24.5 Å². The molecule has 0 saturated carbocycles. The lowest BCUT2D eigenvalue weighted by molar-refractivity contribution is -0.148. The lowest BCUT2D eigenvalue weighted by atomic mass is 10.2. The highest BCUT2D eigenvalue weighted by Crippen LogP contribution is 2.18. The molecule has 0 aromatic heterocycles. The predicted octanol–water partition coefficient (Wildman–Crippen LogP) is 4.17. The topological polar surface area (TPSA) is 55.4 Å². The molecule has 0 fully saturated rings. The van der Waals surface area contributed by atoms with Crippen LogP contribution < -0.4 is 5.32 Å². The summed E-state index contributed by atoms with van der Waals surface area (Å²) in [5.41, 5.74) is 1.78. The molecule has 0 bridgehead atoms. The van der Waals surface area contributed by atoms with Gasteiger partial charge >= 0.3 is 5.97 Å². The van der Waals surface area contributed by atoms with Crippen molar-refractivity contribution in [3.63, 3.8) is 0 Å². The third-order valence-corrected chi connectivity index (χ3v) is 3.95. The van der Waals surface area contributed by atoms with Crippen molar-refractivity contribution < 1.29 is 14.3 Å². The van der Waals surface area contributed by atoms with Crippen molar-refractivity contribution in [2.24, 2.45) is 0 Å². The third kappa shape index (κ3) is 5.93. The molecular weight excluding hydrogens is 322 g/mol. The number of carbonyl (C=O) groups is 2. The zero-order valence-electron chi connectivity index (χ0n) is 13.6. The Morgan fingerprint density at radius 1 is 1.08 bits per heavy atom. The van der Waals surface area contributed by atoms with E-state index in [0.29, 0.717) is 5.69 Å². The SMILES string of the molecule is Cc1ccc(NC(=O)[C@H](C)OC(=O)/C=C/Sc2ccccc2)cc1. The molecule has 0 aliphatic rings. The molecule has 2 aromatic carbocycles. The van der Waals surface area contributed by atoms with Gasteiger partial charge in [-0.2, -0.15) is 0 Å². The molecule has 0 radical (unpaired) electrons. The second-order valence-electron chi connectivity index (χ2n) is 5.17. The molecule has 0 unspecified atom stereocenters. The van der Waals surface area contributed by atoms with Gasteiger partial charge in [-0.25, -0.2) is 4.79 Å². The van der Waals surface area contributed by atoms with E-state index in [9.17, 15) is 9.59 Å². The van der Waals surface area contributed by atoms with Crippen LogP contribution in [0.15, 0.2) is 71.0 Å². The summed E-state index contributed by atoms with van der Waals surface area (Å²) in [6, 6.07) is 17.1. The molecule has 5 heteroatoms. The van der Waals surface area contributed by atoms with Gasteiger partial charge in [-0.05, 0) is 43.5 Å². The van der Waals surface area contributed by atoms with Gasteiger partial charge in [0.05, 0.1) is 0 Å². The van der Waals surface area contributed by atoms with Gasteiger partial charge in [-0.3, -0.25) is 4.79 Å². The molecule has 24 heavy (non-hydrogen) atoms. The van der Waals surface area contributed by atoms with Crippen LogP contribution in [0.1, 0.15) is 12.5 Å². The molecule has 4 nitrogen and oxygen atoms in total. The Bertz CT molecular complexity index is 711. The highest BCUT2D eigenvalue weighted by Gasteiger charge is 2.16. The van der Waals surface area contributed by atoms with Crippen LogP contribution in [0.5, 0.6) is 0 Å². The molecule has 1 amide bonds. The van der Waals surface area contributed by atoms with Crippen LogP contribution >= 0.6 is 11.8 Å². The maximum absolute atomic E-state index is 12.0. The van der Waals surface area contributed by atoms with Gasteiger partial charge in [-0.15, -0.1) is 0 Å². The van der Waals surface area contributed by atoms with Gasteiger partial charge in [-0.1, -0.05) is 47.7 Å². The normalized spacial score (nSPS) is 11.9. The summed E-state index contributed by atoms with van der Waals surface area (Å²) in [6.07, 6.45) is 0.443. The van der Waals surface area contributed by atoms with Crippen LogP contribution in [0.4, 0.5) is 5.69 Å². The van der Waals surface area contributed by atoms with E-state index in [2.05, 4.69) is 5.32 Å². The minimum absolute atomic E-state index is 0.365. The van der Waals surface area contributed by atoms with Gasteiger partial charge in [0, 0.05) is 16.7 Å². The molecule has 1 N–H and O–H groups in total. The van der Waals surface area contributed by atoms with Gasteiger partial charge in [0.15, 0.2) is 6.10 Å². The summed E-state index contributed by atoms with van der Waals surface area (Å²) in [6.45, 7) is 3.51. The number of ether oxygens (including phenoxy) is 1. The summed E-state index contributed by atoms with van der Waals surface area (Å²) < 4.78 is 5.09. The Balaban J connectivity index is 1.79. The average molecular weight is 341 g/mol. The van der Waals surface area contributed by atoms with Crippen molar-refractivity contribution in [2.45, 2.75) is 24.8 Å². The third-order valence-electron chi connectivity index (χ3n) is 3.13. The molecule has 124 valence electrons. The standard InChI is InChI=1S/C19H19NO3S/c1-14-8-10-16(11-9-14)20-19(22)15(2)23-18(21)12-13-24-17-6-4-3-5-7-17/h3-13,15H,1-2H3,(H,20,22)/b13-12+/t15-/m0/s1. The number of carbonyl (C=O) groups excluding carboxylic acids is 2. The number of rotatable bonds is 6. The maximum Gasteiger partial charge on any atom is 0.332 e. The van der Waals surface area contributed by atoms with E-state index in [0.717, 1.165) is 10.5 Å². The number of aryl methyl sites for hydroxylation is 1. The van der Waals surface area contributed by atoms with E-state index in [1.807, 2.05) is 49.4 Å². The van der Waals surface area contributed by atoms with E-state index in [-0.39, 0.29) is 5.91 Å². The summed E-state index contributed by atoms with van der Waals surface area (Å²) in [5.74, 6) is -0.915. The first-order chi connectivity index (χ1) is 11.5. The van der Waals surface area contributed by atoms with Crippen LogP contribution in [-0.2, 0) is 14.3 Å². The summed E-state index contributed by atoms with van der Waals surface area (Å²) in [5, 5.41) is 4.35. The number of hydrogen-bond donors (Lipinski definition) is 1. The summed E-state index contributed by atoms with van der Waals surface area (Å²) >= 11 is 1.41. The van der Waals surface area contributed by atoms with Crippen LogP contribution in [0.25, 0.3) is 0 Å². The molecule has 2 aromatic rings. The zero-order valence-corrected chi connectivity index (χ0v) is 14.4. The number of amides is 1. The Hall–Kier alpha value is -2.53. The Morgan fingerprint density at radius 3 is 2.42 bits per heavy atom. The van der Waals surface area contributed by atoms with E-state index < -0.39 is 12.1 Å². The second-order valence-corrected chi connectivity index (χ2v) is 6.15. The predicted molar refractivity (Wildman–Crippen MR) is 96.8 cm³/mol. The lowest BCUT2D eigenvalue weighted by Gasteiger charge is -2.12. The van der Waals surface area contributed by atoms with E-state index in [1.165, 1.54) is 17.8 Å². The number of esters is 1. The molecule has 0 heterocycles. The summed E-state index contributed by atoms with van der Waals surface area (Å²) in [4.78, 5) is 24.8. The number of thioether (sulfide) groups is 1. The van der Waals surface area contributed by atoms with Gasteiger partial charge in [0.2, 0.25) is 0 Å². The van der Waals surface area contributed by atoms with Crippen molar-refractivity contribution >= 4 is 29.3 Å². The monoisotopic (exact) mass is 341 g/mol. The number of nitrogens with one attached hydrogen (secondary N) is 1. The molecule has 0 aliphatic carbocycles.